The molecule has 294 valence electrons. The van der Waals surface area contributed by atoms with Gasteiger partial charge in [-0.25, -0.2) is 14.8 Å². The minimum Gasteiger partial charge on any atom is -0.453 e. The number of imidazole rings is 1. The molecule has 2 saturated heterocycles. The number of amides is 4. The molecule has 4 atom stereocenters. The van der Waals surface area contributed by atoms with Gasteiger partial charge in [0.1, 0.15) is 23.7 Å². The summed E-state index contributed by atoms with van der Waals surface area (Å²) in [5.41, 5.74) is 11.5. The number of rotatable bonds is 12. The number of amidine groups is 1. The molecule has 13 nitrogen and oxygen atoms in total. The van der Waals surface area contributed by atoms with Crippen LogP contribution in [0.1, 0.15) is 68.6 Å². The topological polar surface area (TPSA) is 175 Å². The van der Waals surface area contributed by atoms with Crippen LogP contribution in [0.3, 0.4) is 0 Å². The molecule has 2 fully saturated rings. The minimum atomic E-state index is -0.783. The van der Waals surface area contributed by atoms with Crippen molar-refractivity contribution in [1.82, 2.24) is 30.4 Å². The number of H-pyrrole nitrogens is 1. The third-order valence-corrected chi connectivity index (χ3v) is 10.3. The first-order valence-corrected chi connectivity index (χ1v) is 19.1. The Hall–Kier alpha value is -6.68. The van der Waals surface area contributed by atoms with E-state index >= 15 is 0 Å². The van der Waals surface area contributed by atoms with Crippen LogP contribution in [0.2, 0.25) is 0 Å². The second-order valence-electron chi connectivity index (χ2n) is 14.3. The molecule has 0 radical (unpaired) electrons. The van der Waals surface area contributed by atoms with Crippen LogP contribution >= 0.6 is 0 Å². The second-order valence-corrected chi connectivity index (χ2v) is 14.3. The van der Waals surface area contributed by atoms with Gasteiger partial charge in [-0.1, -0.05) is 92.4 Å². The molecular weight excluding hydrogens is 721 g/mol. The van der Waals surface area contributed by atoms with E-state index in [1.165, 1.54) is 13.3 Å². The molecule has 3 heterocycles. The fourth-order valence-corrected chi connectivity index (χ4v) is 7.42. The molecule has 0 saturated carbocycles. The van der Waals surface area contributed by atoms with Gasteiger partial charge in [0.25, 0.3) is 0 Å². The van der Waals surface area contributed by atoms with Crippen LogP contribution in [0, 0.1) is 17.8 Å². The predicted molar refractivity (Wildman–Crippen MR) is 218 cm³/mol. The number of allylic oxidation sites excluding steroid dienone is 1. The summed E-state index contributed by atoms with van der Waals surface area (Å²) < 4.78 is 4.72. The van der Waals surface area contributed by atoms with Gasteiger partial charge in [0, 0.05) is 36.5 Å². The minimum absolute atomic E-state index is 0.148. The Kier molecular flexibility index (Phi) is 13.2. The first kappa shape index (κ1) is 40.0. The number of hydrogen-bond donors (Lipinski definition) is 4. The Morgan fingerprint density at radius 2 is 1.68 bits per heavy atom. The van der Waals surface area contributed by atoms with Crippen molar-refractivity contribution in [2.45, 2.75) is 63.7 Å². The van der Waals surface area contributed by atoms with Gasteiger partial charge in [-0.05, 0) is 60.4 Å². The largest absolute Gasteiger partial charge is 0.453 e. The number of aromatic nitrogens is 2. The number of nitrogens with zero attached hydrogens (tertiary/aromatic N) is 4. The standard InChI is InChI=1S/C44H48N8O5/c1-29(2)38(50-44(56)57-3)42(54)51-24-12-19-36(51)40(45)46-23-11-10-16-31-21-22-33(26-34(31)30-14-6-4-7-15-30)35-27-47-41(49-35)37-20-13-25-52(37)43(55)39(48-28-53)32-17-8-5-9-18-32/h4-9,11,14-15,17-18,21-23,26-29,36-39H,12-13,19-20,24-25H2,1-3H3,(H2,45,46)(H,47,49)(H,48,53)(H,50,56)/b23-11+/t36?,37-,38?,39?/m0/s1. The van der Waals surface area contributed by atoms with E-state index in [9.17, 15) is 19.2 Å². The number of nitrogens with two attached hydrogens (primary N) is 1. The number of aliphatic imine (C=N–C) groups is 1. The fourth-order valence-electron chi connectivity index (χ4n) is 7.42. The maximum absolute atomic E-state index is 13.8. The van der Waals surface area contributed by atoms with Gasteiger partial charge in [-0.15, -0.1) is 0 Å². The van der Waals surface area contributed by atoms with E-state index in [0.29, 0.717) is 37.6 Å². The lowest BCUT2D eigenvalue weighted by Crippen LogP contribution is -2.54. The third kappa shape index (κ3) is 9.41. The van der Waals surface area contributed by atoms with Crippen molar-refractivity contribution in [3.63, 3.8) is 0 Å². The Morgan fingerprint density at radius 3 is 2.40 bits per heavy atom. The average molecular weight is 769 g/mol. The van der Waals surface area contributed by atoms with E-state index in [4.69, 9.17) is 15.5 Å². The Bertz CT molecular complexity index is 2170. The summed E-state index contributed by atoms with van der Waals surface area (Å²) in [4.78, 5) is 66.7. The fraction of sp³-hybridized carbons (Fsp3) is 0.318. The predicted octanol–water partition coefficient (Wildman–Crippen LogP) is 5.49. The highest BCUT2D eigenvalue weighted by molar-refractivity contribution is 5.94. The van der Waals surface area contributed by atoms with Gasteiger partial charge in [-0.3, -0.25) is 14.4 Å². The molecule has 1 aromatic heterocycles. The summed E-state index contributed by atoms with van der Waals surface area (Å²) in [5.74, 6) is 6.77. The zero-order chi connectivity index (χ0) is 40.3. The molecule has 2 aliphatic rings. The summed E-state index contributed by atoms with van der Waals surface area (Å²) in [6.07, 6.45) is 7.85. The molecule has 13 heteroatoms. The summed E-state index contributed by atoms with van der Waals surface area (Å²) in [6, 6.07) is 23.1. The molecule has 4 aromatic rings. The van der Waals surface area contributed by atoms with Crippen LogP contribution in [0.4, 0.5) is 4.79 Å². The van der Waals surface area contributed by atoms with Gasteiger partial charge >= 0.3 is 6.09 Å². The lowest BCUT2D eigenvalue weighted by atomic mass is 9.96. The van der Waals surface area contributed by atoms with E-state index in [2.05, 4.69) is 38.5 Å². The molecule has 0 bridgehead atoms. The highest BCUT2D eigenvalue weighted by Crippen LogP contribution is 2.35. The van der Waals surface area contributed by atoms with Crippen LogP contribution < -0.4 is 16.4 Å². The number of hydrogen-bond acceptors (Lipinski definition) is 7. The van der Waals surface area contributed by atoms with Crippen molar-refractivity contribution in [2.24, 2.45) is 16.6 Å². The number of ether oxygens (including phenoxy) is 1. The van der Waals surface area contributed by atoms with E-state index in [-0.39, 0.29) is 29.8 Å². The quantitative estimate of drug-likeness (QED) is 0.0638. The highest BCUT2D eigenvalue weighted by Gasteiger charge is 2.38. The van der Waals surface area contributed by atoms with Crippen molar-refractivity contribution >= 4 is 30.2 Å². The molecule has 4 amide bonds. The summed E-state index contributed by atoms with van der Waals surface area (Å²) >= 11 is 0. The van der Waals surface area contributed by atoms with Crippen molar-refractivity contribution in [3.8, 4) is 34.2 Å². The lowest BCUT2D eigenvalue weighted by Gasteiger charge is -2.30. The monoisotopic (exact) mass is 768 g/mol. The SMILES string of the molecule is COC(=O)NC(C(=O)N1CCCC1C(N)=N/C=C/C#Cc1ccc(-c2cnc([C@@H]3CCCN3C(=O)C(NC=O)c3ccccc3)[nH]2)cc1-c1ccccc1)C(C)C. The van der Waals surface area contributed by atoms with Crippen molar-refractivity contribution in [3.05, 3.63) is 114 Å². The van der Waals surface area contributed by atoms with E-state index in [0.717, 1.165) is 52.8 Å². The normalized spacial score (nSPS) is 17.9. The molecule has 0 spiro atoms. The molecule has 57 heavy (non-hydrogen) atoms. The first-order valence-electron chi connectivity index (χ1n) is 19.1. The zero-order valence-electron chi connectivity index (χ0n) is 32.4. The molecule has 2 aliphatic heterocycles. The molecule has 5 N–H and O–H groups in total. The van der Waals surface area contributed by atoms with Crippen LogP contribution in [0.15, 0.2) is 102 Å². The highest BCUT2D eigenvalue weighted by atomic mass is 16.5. The van der Waals surface area contributed by atoms with Gasteiger partial charge in [0.05, 0.1) is 31.1 Å². The number of aromatic amines is 1. The van der Waals surface area contributed by atoms with E-state index in [1.807, 2.05) is 86.6 Å². The van der Waals surface area contributed by atoms with Gasteiger partial charge < -0.3 is 35.9 Å². The number of carbonyl (C=O) groups excluding carboxylic acids is 4. The maximum atomic E-state index is 13.8. The Balaban J connectivity index is 1.19. The lowest BCUT2D eigenvalue weighted by molar-refractivity contribution is -0.136. The van der Waals surface area contributed by atoms with E-state index in [1.54, 1.807) is 22.1 Å². The maximum Gasteiger partial charge on any atom is 0.407 e. The van der Waals surface area contributed by atoms with Gasteiger partial charge in [-0.2, -0.15) is 0 Å². The Labute approximate surface area is 332 Å². The van der Waals surface area contributed by atoms with Gasteiger partial charge in [0.2, 0.25) is 18.2 Å². The number of nitrogens with one attached hydrogen (secondary N) is 3. The molecule has 3 aromatic carbocycles. The summed E-state index contributed by atoms with van der Waals surface area (Å²) in [6.45, 7) is 4.80. The summed E-state index contributed by atoms with van der Waals surface area (Å²) in [5, 5.41) is 5.35. The van der Waals surface area contributed by atoms with Crippen LogP contribution in [0.25, 0.3) is 22.4 Å². The molecular formula is C44H48N8O5. The third-order valence-electron chi connectivity index (χ3n) is 10.3. The molecule has 0 aliphatic carbocycles. The number of methoxy groups -OCH3 is 1. The summed E-state index contributed by atoms with van der Waals surface area (Å²) in [7, 11) is 1.26. The average Bonchev–Trinajstić information content (AvgIpc) is 4.04. The van der Waals surface area contributed by atoms with Crippen LogP contribution in [0.5, 0.6) is 0 Å². The van der Waals surface area contributed by atoms with Gasteiger partial charge in [0.15, 0.2) is 0 Å². The Morgan fingerprint density at radius 1 is 0.965 bits per heavy atom. The first-order chi connectivity index (χ1) is 27.7. The molecule has 6 rings (SSSR count). The zero-order valence-corrected chi connectivity index (χ0v) is 32.4. The van der Waals surface area contributed by atoms with Crippen molar-refractivity contribution in [2.75, 3.05) is 20.2 Å². The van der Waals surface area contributed by atoms with Crippen LogP contribution in [-0.2, 0) is 19.1 Å². The van der Waals surface area contributed by atoms with Crippen molar-refractivity contribution < 1.29 is 23.9 Å². The smallest absolute Gasteiger partial charge is 0.407 e. The van der Waals surface area contributed by atoms with Crippen LogP contribution in [-0.4, -0.2) is 82.2 Å². The molecule has 3 unspecified atom stereocenters. The van der Waals surface area contributed by atoms with E-state index < -0.39 is 18.2 Å². The van der Waals surface area contributed by atoms with Crippen molar-refractivity contribution in [1.29, 1.82) is 0 Å². The number of likely N-dealkylation sites (tertiary alicyclic amines) is 2. The number of carbonyl (C=O) groups is 4. The second kappa shape index (κ2) is 18.8. The number of benzene rings is 3. The number of alkyl carbamates (subject to hydrolysis) is 1.